The Morgan fingerprint density at radius 2 is 1.94 bits per heavy atom. The standard InChI is InChI=1S/C26H33ClN4O3/c1-18(2)22(24(32)34-3)29-25(33)30-13-10-26(11-14-30)17-31(16-20-7-4-5-9-21(20)27)23(26)19-8-6-12-28-15-19/h4-9,12,15,18,22-23H,10-11,13-14,16-17H2,1-3H3,(H,29,33)/t22-,23?/m0/s1. The van der Waals surface area contributed by atoms with Crippen LogP contribution in [0.25, 0.3) is 0 Å². The minimum Gasteiger partial charge on any atom is -0.467 e. The molecule has 0 aliphatic carbocycles. The number of aromatic nitrogens is 1. The molecule has 1 aromatic heterocycles. The fourth-order valence-corrected chi connectivity index (χ4v) is 5.58. The molecule has 1 N–H and O–H groups in total. The van der Waals surface area contributed by atoms with E-state index >= 15 is 0 Å². The number of hydrogen-bond donors (Lipinski definition) is 1. The molecule has 2 amide bonds. The van der Waals surface area contributed by atoms with Crippen LogP contribution in [0, 0.1) is 11.3 Å². The monoisotopic (exact) mass is 484 g/mol. The summed E-state index contributed by atoms with van der Waals surface area (Å²) in [7, 11) is 1.35. The van der Waals surface area contributed by atoms with E-state index in [4.69, 9.17) is 16.3 Å². The summed E-state index contributed by atoms with van der Waals surface area (Å²) in [4.78, 5) is 33.6. The summed E-state index contributed by atoms with van der Waals surface area (Å²) in [5.41, 5.74) is 2.40. The summed E-state index contributed by atoms with van der Waals surface area (Å²) in [6.07, 6.45) is 5.54. The topological polar surface area (TPSA) is 74.8 Å². The third kappa shape index (κ3) is 4.91. The molecule has 2 aromatic rings. The van der Waals surface area contributed by atoms with Crippen molar-refractivity contribution in [2.45, 2.75) is 45.3 Å². The SMILES string of the molecule is COC(=O)[C@@H](NC(=O)N1CCC2(CC1)CN(Cc1ccccc1Cl)C2c1cccnc1)C(C)C. The zero-order valence-electron chi connectivity index (χ0n) is 20.0. The molecule has 0 bridgehead atoms. The number of esters is 1. The van der Waals surface area contributed by atoms with Crippen molar-refractivity contribution in [1.82, 2.24) is 20.1 Å². The number of ether oxygens (including phenoxy) is 1. The number of rotatable bonds is 6. The Labute approximate surface area is 206 Å². The second-order valence-electron chi connectivity index (χ2n) is 9.73. The van der Waals surface area contributed by atoms with E-state index in [9.17, 15) is 9.59 Å². The normalized spacial score (nSPS) is 20.6. The van der Waals surface area contributed by atoms with Crippen molar-refractivity contribution >= 4 is 23.6 Å². The van der Waals surface area contributed by atoms with Crippen LogP contribution in [0.4, 0.5) is 4.79 Å². The number of halogens is 1. The molecule has 2 aliphatic heterocycles. The number of carbonyl (C=O) groups excluding carboxylic acids is 2. The largest absolute Gasteiger partial charge is 0.467 e. The number of benzene rings is 1. The molecule has 4 rings (SSSR count). The van der Waals surface area contributed by atoms with Gasteiger partial charge in [-0.2, -0.15) is 0 Å². The molecule has 1 unspecified atom stereocenters. The van der Waals surface area contributed by atoms with Gasteiger partial charge in [0.2, 0.25) is 0 Å². The molecule has 0 saturated carbocycles. The van der Waals surface area contributed by atoms with E-state index in [0.29, 0.717) is 13.1 Å². The van der Waals surface area contributed by atoms with Crippen LogP contribution in [0.2, 0.25) is 5.02 Å². The average molecular weight is 485 g/mol. The maximum absolute atomic E-state index is 12.9. The Hall–Kier alpha value is -2.64. The van der Waals surface area contributed by atoms with Gasteiger partial charge >= 0.3 is 12.0 Å². The van der Waals surface area contributed by atoms with Crippen LogP contribution in [0.3, 0.4) is 0 Å². The highest BCUT2D eigenvalue weighted by atomic mass is 35.5. The van der Waals surface area contributed by atoms with Crippen LogP contribution < -0.4 is 5.32 Å². The van der Waals surface area contributed by atoms with Crippen LogP contribution in [0.1, 0.15) is 43.9 Å². The second kappa shape index (κ2) is 10.3. The number of nitrogens with zero attached hydrogens (tertiary/aromatic N) is 3. The van der Waals surface area contributed by atoms with Crippen molar-refractivity contribution in [2.24, 2.45) is 11.3 Å². The Kier molecular flexibility index (Phi) is 7.43. The molecule has 2 fully saturated rings. The zero-order chi connectivity index (χ0) is 24.3. The summed E-state index contributed by atoms with van der Waals surface area (Å²) in [5.74, 6) is -0.463. The highest BCUT2D eigenvalue weighted by Crippen LogP contribution is 2.55. The predicted octanol–water partition coefficient (Wildman–Crippen LogP) is 4.28. The maximum Gasteiger partial charge on any atom is 0.328 e. The van der Waals surface area contributed by atoms with Crippen molar-refractivity contribution in [2.75, 3.05) is 26.7 Å². The lowest BCUT2D eigenvalue weighted by atomic mass is 9.63. The quantitative estimate of drug-likeness (QED) is 0.619. The molecule has 1 spiro atoms. The van der Waals surface area contributed by atoms with Crippen LogP contribution >= 0.6 is 11.6 Å². The van der Waals surface area contributed by atoms with Gasteiger partial charge in [0.05, 0.1) is 7.11 Å². The first-order valence-corrected chi connectivity index (χ1v) is 12.2. The summed E-state index contributed by atoms with van der Waals surface area (Å²) in [6.45, 7) is 6.81. The average Bonchev–Trinajstić information content (AvgIpc) is 2.83. The number of likely N-dealkylation sites (tertiary alicyclic amines) is 2. The number of amides is 2. The van der Waals surface area contributed by atoms with Gasteiger partial charge in [-0.05, 0) is 42.0 Å². The Morgan fingerprint density at radius 3 is 2.56 bits per heavy atom. The minimum atomic E-state index is -0.647. The number of methoxy groups -OCH3 is 1. The van der Waals surface area contributed by atoms with Gasteiger partial charge in [-0.15, -0.1) is 0 Å². The minimum absolute atomic E-state index is 0.0486. The third-order valence-corrected chi connectivity index (χ3v) is 7.61. The number of carbonyl (C=O) groups is 2. The lowest BCUT2D eigenvalue weighted by Crippen LogP contribution is -2.63. The smallest absolute Gasteiger partial charge is 0.328 e. The van der Waals surface area contributed by atoms with Crippen molar-refractivity contribution in [3.63, 3.8) is 0 Å². The molecular formula is C26H33ClN4O3. The summed E-state index contributed by atoms with van der Waals surface area (Å²) in [6, 6.07) is 11.5. The van der Waals surface area contributed by atoms with Gasteiger partial charge in [0.15, 0.2) is 0 Å². The van der Waals surface area contributed by atoms with Gasteiger partial charge in [-0.1, -0.05) is 49.7 Å². The van der Waals surface area contributed by atoms with Crippen molar-refractivity contribution in [3.05, 3.63) is 64.9 Å². The highest BCUT2D eigenvalue weighted by molar-refractivity contribution is 6.31. The fraction of sp³-hybridized carbons (Fsp3) is 0.500. The van der Waals surface area contributed by atoms with Crippen molar-refractivity contribution in [3.8, 4) is 0 Å². The zero-order valence-corrected chi connectivity index (χ0v) is 20.8. The van der Waals surface area contributed by atoms with E-state index in [1.807, 2.05) is 49.2 Å². The predicted molar refractivity (Wildman–Crippen MR) is 131 cm³/mol. The van der Waals surface area contributed by atoms with E-state index in [-0.39, 0.29) is 23.4 Å². The van der Waals surface area contributed by atoms with Crippen molar-refractivity contribution in [1.29, 1.82) is 0 Å². The van der Waals surface area contributed by atoms with Crippen LogP contribution in [0.15, 0.2) is 48.8 Å². The summed E-state index contributed by atoms with van der Waals surface area (Å²) in [5, 5.41) is 3.65. The third-order valence-electron chi connectivity index (χ3n) is 7.24. The molecule has 8 heteroatoms. The highest BCUT2D eigenvalue weighted by Gasteiger charge is 2.54. The molecule has 2 atom stereocenters. The molecule has 2 saturated heterocycles. The number of hydrogen-bond acceptors (Lipinski definition) is 5. The second-order valence-corrected chi connectivity index (χ2v) is 10.1. The molecule has 7 nitrogen and oxygen atoms in total. The van der Waals surface area contributed by atoms with Crippen LogP contribution in [-0.2, 0) is 16.1 Å². The van der Waals surface area contributed by atoms with Gasteiger partial charge < -0.3 is 15.0 Å². The Morgan fingerprint density at radius 1 is 1.21 bits per heavy atom. The molecule has 1 aromatic carbocycles. The molecule has 2 aliphatic rings. The maximum atomic E-state index is 12.9. The molecule has 0 radical (unpaired) electrons. The summed E-state index contributed by atoms with van der Waals surface area (Å²) < 4.78 is 4.86. The van der Waals surface area contributed by atoms with Gasteiger partial charge in [-0.25, -0.2) is 9.59 Å². The molecular weight excluding hydrogens is 452 g/mol. The van der Waals surface area contributed by atoms with E-state index in [1.165, 1.54) is 12.7 Å². The summed E-state index contributed by atoms with van der Waals surface area (Å²) >= 11 is 6.45. The lowest BCUT2D eigenvalue weighted by molar-refractivity contribution is -0.144. The van der Waals surface area contributed by atoms with Crippen molar-refractivity contribution < 1.29 is 14.3 Å². The van der Waals surface area contributed by atoms with E-state index in [2.05, 4.69) is 27.3 Å². The number of urea groups is 1. The van der Waals surface area contributed by atoms with Gasteiger partial charge in [0.25, 0.3) is 0 Å². The first kappa shape index (κ1) is 24.5. The van der Waals surface area contributed by atoms with Gasteiger partial charge in [0, 0.05) is 55.1 Å². The number of piperidine rings is 1. The van der Waals surface area contributed by atoms with Gasteiger partial charge in [0.1, 0.15) is 6.04 Å². The van der Waals surface area contributed by atoms with E-state index < -0.39 is 12.0 Å². The number of nitrogens with one attached hydrogen (secondary N) is 1. The fourth-order valence-electron chi connectivity index (χ4n) is 5.39. The Bertz CT molecular complexity index is 1010. The Balaban J connectivity index is 1.45. The molecule has 182 valence electrons. The number of pyridine rings is 1. The molecule has 34 heavy (non-hydrogen) atoms. The van der Waals surface area contributed by atoms with Crippen LogP contribution in [-0.4, -0.2) is 59.6 Å². The lowest BCUT2D eigenvalue weighted by Gasteiger charge is -2.60. The van der Waals surface area contributed by atoms with E-state index in [1.54, 1.807) is 6.20 Å². The van der Waals surface area contributed by atoms with E-state index in [0.717, 1.165) is 36.5 Å². The first-order valence-electron chi connectivity index (χ1n) is 11.9. The first-order chi connectivity index (χ1) is 16.3. The molecule has 3 heterocycles. The van der Waals surface area contributed by atoms with Gasteiger partial charge in [-0.3, -0.25) is 9.88 Å². The van der Waals surface area contributed by atoms with Crippen LogP contribution in [0.5, 0.6) is 0 Å².